The lowest BCUT2D eigenvalue weighted by Crippen LogP contribution is -2.25. The van der Waals surface area contributed by atoms with Crippen molar-refractivity contribution in [3.05, 3.63) is 22.7 Å². The molecule has 15 heavy (non-hydrogen) atoms. The maximum Gasteiger partial charge on any atom is 0.0735 e. The molecule has 1 rings (SSSR count). The van der Waals surface area contributed by atoms with E-state index in [1.807, 2.05) is 32.0 Å². The first-order chi connectivity index (χ1) is 7.00. The van der Waals surface area contributed by atoms with Crippen LogP contribution in [0.4, 0.5) is 11.4 Å². The van der Waals surface area contributed by atoms with E-state index in [0.717, 1.165) is 10.2 Å². The molecule has 1 unspecified atom stereocenters. The Morgan fingerprint density at radius 3 is 2.73 bits per heavy atom. The van der Waals surface area contributed by atoms with Crippen molar-refractivity contribution in [2.45, 2.75) is 20.0 Å². The number of rotatable bonds is 4. The Balaban J connectivity index is 2.61. The van der Waals surface area contributed by atoms with Gasteiger partial charge >= 0.3 is 0 Å². The first-order valence-electron chi connectivity index (χ1n) is 4.97. The molecule has 0 aliphatic heterocycles. The first-order valence-corrected chi connectivity index (χ1v) is 5.77. The summed E-state index contributed by atoms with van der Waals surface area (Å²) in [6.45, 7) is 4.48. The normalized spacial score (nSPS) is 12.9. The SMILES string of the molecule is CC(C)C(O)CNc1cc(Br)ccc1N. The zero-order valence-electron chi connectivity index (χ0n) is 9.00. The summed E-state index contributed by atoms with van der Waals surface area (Å²) in [5.41, 5.74) is 7.33. The molecule has 1 aromatic rings. The molecule has 0 heterocycles. The fourth-order valence-electron chi connectivity index (χ4n) is 1.13. The highest BCUT2D eigenvalue weighted by atomic mass is 79.9. The Kier molecular flexibility index (Phi) is 4.42. The van der Waals surface area contributed by atoms with E-state index >= 15 is 0 Å². The summed E-state index contributed by atoms with van der Waals surface area (Å²) in [5, 5.41) is 12.8. The number of benzene rings is 1. The van der Waals surface area contributed by atoms with Gasteiger partial charge in [-0.15, -0.1) is 0 Å². The summed E-state index contributed by atoms with van der Waals surface area (Å²) in [4.78, 5) is 0. The van der Waals surface area contributed by atoms with Crippen molar-refractivity contribution < 1.29 is 5.11 Å². The number of aliphatic hydroxyl groups excluding tert-OH is 1. The van der Waals surface area contributed by atoms with E-state index in [0.29, 0.717) is 12.2 Å². The van der Waals surface area contributed by atoms with Gasteiger partial charge in [0, 0.05) is 11.0 Å². The molecular formula is C11H17BrN2O. The van der Waals surface area contributed by atoms with Crippen molar-refractivity contribution in [2.24, 2.45) is 5.92 Å². The molecular weight excluding hydrogens is 256 g/mol. The molecule has 0 saturated heterocycles. The summed E-state index contributed by atoms with van der Waals surface area (Å²) in [5.74, 6) is 0.242. The molecule has 0 aliphatic carbocycles. The highest BCUT2D eigenvalue weighted by Crippen LogP contribution is 2.23. The summed E-state index contributed by atoms with van der Waals surface area (Å²) < 4.78 is 0.971. The minimum absolute atomic E-state index is 0.242. The lowest BCUT2D eigenvalue weighted by atomic mass is 10.1. The van der Waals surface area contributed by atoms with Gasteiger partial charge in [-0.2, -0.15) is 0 Å². The molecule has 0 fully saturated rings. The molecule has 1 atom stereocenters. The lowest BCUT2D eigenvalue weighted by Gasteiger charge is -2.17. The van der Waals surface area contributed by atoms with Crippen molar-refractivity contribution in [3.8, 4) is 0 Å². The second-order valence-corrected chi connectivity index (χ2v) is 4.84. The average molecular weight is 273 g/mol. The van der Waals surface area contributed by atoms with Crippen LogP contribution in [-0.4, -0.2) is 17.8 Å². The number of nitrogens with two attached hydrogens (primary N) is 1. The smallest absolute Gasteiger partial charge is 0.0735 e. The van der Waals surface area contributed by atoms with Gasteiger partial charge in [-0.1, -0.05) is 29.8 Å². The average Bonchev–Trinajstić information content (AvgIpc) is 2.18. The largest absolute Gasteiger partial charge is 0.397 e. The molecule has 0 saturated carbocycles. The van der Waals surface area contributed by atoms with Gasteiger partial charge in [0.15, 0.2) is 0 Å². The van der Waals surface area contributed by atoms with Gasteiger partial charge in [0.1, 0.15) is 0 Å². The van der Waals surface area contributed by atoms with Gasteiger partial charge in [-0.3, -0.25) is 0 Å². The molecule has 0 aromatic heterocycles. The van der Waals surface area contributed by atoms with Crippen LogP contribution >= 0.6 is 15.9 Å². The van der Waals surface area contributed by atoms with Crippen LogP contribution in [0.15, 0.2) is 22.7 Å². The van der Waals surface area contributed by atoms with Gasteiger partial charge in [0.25, 0.3) is 0 Å². The molecule has 84 valence electrons. The third-order valence-electron chi connectivity index (χ3n) is 2.29. The predicted octanol–water partition coefficient (Wildman–Crippen LogP) is 2.46. The van der Waals surface area contributed by atoms with E-state index in [-0.39, 0.29) is 12.0 Å². The van der Waals surface area contributed by atoms with Crippen molar-refractivity contribution in [2.75, 3.05) is 17.6 Å². The van der Waals surface area contributed by atoms with Crippen LogP contribution < -0.4 is 11.1 Å². The highest BCUT2D eigenvalue weighted by Gasteiger charge is 2.09. The van der Waals surface area contributed by atoms with Crippen LogP contribution in [0.25, 0.3) is 0 Å². The molecule has 4 N–H and O–H groups in total. The number of aliphatic hydroxyl groups is 1. The van der Waals surface area contributed by atoms with Crippen LogP contribution in [0.5, 0.6) is 0 Å². The zero-order valence-corrected chi connectivity index (χ0v) is 10.6. The van der Waals surface area contributed by atoms with Crippen molar-refractivity contribution in [3.63, 3.8) is 0 Å². The second-order valence-electron chi connectivity index (χ2n) is 3.92. The fraction of sp³-hybridized carbons (Fsp3) is 0.455. The quantitative estimate of drug-likeness (QED) is 0.738. The number of anilines is 2. The van der Waals surface area contributed by atoms with E-state index in [4.69, 9.17) is 5.73 Å². The number of hydrogen-bond acceptors (Lipinski definition) is 3. The zero-order chi connectivity index (χ0) is 11.4. The Morgan fingerprint density at radius 2 is 2.13 bits per heavy atom. The molecule has 3 nitrogen and oxygen atoms in total. The van der Waals surface area contributed by atoms with E-state index in [9.17, 15) is 5.11 Å². The number of hydrogen-bond donors (Lipinski definition) is 3. The first kappa shape index (κ1) is 12.3. The van der Waals surface area contributed by atoms with Gasteiger partial charge < -0.3 is 16.2 Å². The van der Waals surface area contributed by atoms with Crippen LogP contribution in [0, 0.1) is 5.92 Å². The predicted molar refractivity (Wildman–Crippen MR) is 67.9 cm³/mol. The maximum atomic E-state index is 9.63. The van der Waals surface area contributed by atoms with Crippen LogP contribution in [-0.2, 0) is 0 Å². The van der Waals surface area contributed by atoms with Crippen LogP contribution in [0.2, 0.25) is 0 Å². The molecule has 0 spiro atoms. The summed E-state index contributed by atoms with van der Waals surface area (Å²) >= 11 is 3.37. The Bertz CT molecular complexity index is 328. The molecule has 1 aromatic carbocycles. The Labute approximate surface area is 98.8 Å². The molecule has 0 amide bonds. The molecule has 0 aliphatic rings. The number of halogens is 1. The van der Waals surface area contributed by atoms with Crippen molar-refractivity contribution >= 4 is 27.3 Å². The van der Waals surface area contributed by atoms with E-state index in [1.165, 1.54) is 0 Å². The molecule has 4 heteroatoms. The maximum absolute atomic E-state index is 9.63. The molecule has 0 radical (unpaired) electrons. The number of nitrogen functional groups attached to an aromatic ring is 1. The second kappa shape index (κ2) is 5.37. The lowest BCUT2D eigenvalue weighted by molar-refractivity contribution is 0.138. The monoisotopic (exact) mass is 272 g/mol. The number of nitrogens with one attached hydrogen (secondary N) is 1. The van der Waals surface area contributed by atoms with E-state index < -0.39 is 0 Å². The fourth-order valence-corrected chi connectivity index (χ4v) is 1.49. The van der Waals surface area contributed by atoms with Crippen LogP contribution in [0.1, 0.15) is 13.8 Å². The Morgan fingerprint density at radius 1 is 1.47 bits per heavy atom. The van der Waals surface area contributed by atoms with Gasteiger partial charge in [-0.05, 0) is 24.1 Å². The third-order valence-corrected chi connectivity index (χ3v) is 2.78. The highest BCUT2D eigenvalue weighted by molar-refractivity contribution is 9.10. The van der Waals surface area contributed by atoms with Crippen molar-refractivity contribution in [1.82, 2.24) is 0 Å². The van der Waals surface area contributed by atoms with Crippen molar-refractivity contribution in [1.29, 1.82) is 0 Å². The van der Waals surface area contributed by atoms with E-state index in [1.54, 1.807) is 0 Å². The minimum Gasteiger partial charge on any atom is -0.397 e. The summed E-state index contributed by atoms with van der Waals surface area (Å²) in [6, 6.07) is 5.62. The summed E-state index contributed by atoms with van der Waals surface area (Å²) in [7, 11) is 0. The van der Waals surface area contributed by atoms with Gasteiger partial charge in [0.05, 0.1) is 17.5 Å². The Hall–Kier alpha value is -0.740. The summed E-state index contributed by atoms with van der Waals surface area (Å²) in [6.07, 6.45) is -0.358. The van der Waals surface area contributed by atoms with Gasteiger partial charge in [-0.25, -0.2) is 0 Å². The van der Waals surface area contributed by atoms with Gasteiger partial charge in [0.2, 0.25) is 0 Å². The van der Waals surface area contributed by atoms with E-state index in [2.05, 4.69) is 21.2 Å². The van der Waals surface area contributed by atoms with Crippen LogP contribution in [0.3, 0.4) is 0 Å². The third kappa shape index (κ3) is 3.72. The molecule has 0 bridgehead atoms. The topological polar surface area (TPSA) is 58.3 Å². The minimum atomic E-state index is -0.358. The standard InChI is InChI=1S/C11H17BrN2O/c1-7(2)11(15)6-14-10-5-8(12)3-4-9(10)13/h3-5,7,11,14-15H,6,13H2,1-2H3.